The molecule has 4 saturated carbocycles. The third kappa shape index (κ3) is 4.42. The number of benzene rings is 5. The molecule has 4 aliphatic rings. The van der Waals surface area contributed by atoms with Gasteiger partial charge in [0.25, 0.3) is 0 Å². The lowest BCUT2D eigenvalue weighted by atomic mass is 9.48. The van der Waals surface area contributed by atoms with Crippen LogP contribution in [0.3, 0.4) is 0 Å². The summed E-state index contributed by atoms with van der Waals surface area (Å²) >= 11 is 0. The van der Waals surface area contributed by atoms with E-state index in [9.17, 15) is 0 Å². The standard InChI is InChI=1S/C45H35N3O2/c1-2-6-30(7-3-1)38-22-39(48-44(47-38)31-10-13-33(14-11-31)45-23-27-18-28(24-45)20-29(19-27)25-45)37-17-16-34(42-43(37)49-26-46-42)32-12-15-36-35-8-4-5-9-40(35)50-41(36)21-32/h1-17,21-22,26-29H,18-20,23-25H2. The second-order valence-electron chi connectivity index (χ2n) is 15.1. The van der Waals surface area contributed by atoms with Crippen molar-refractivity contribution in [1.29, 1.82) is 0 Å². The van der Waals surface area contributed by atoms with Crippen molar-refractivity contribution in [3.63, 3.8) is 0 Å². The first-order valence-electron chi connectivity index (χ1n) is 18.0. The Morgan fingerprint density at radius 3 is 2.04 bits per heavy atom. The van der Waals surface area contributed by atoms with Crippen LogP contribution in [0.2, 0.25) is 0 Å². The van der Waals surface area contributed by atoms with Crippen LogP contribution in [-0.2, 0) is 5.41 Å². The highest BCUT2D eigenvalue weighted by atomic mass is 16.3. The molecule has 5 nitrogen and oxygen atoms in total. The molecule has 0 spiro atoms. The van der Waals surface area contributed by atoms with E-state index in [2.05, 4.69) is 91.0 Å². The summed E-state index contributed by atoms with van der Waals surface area (Å²) in [6.07, 6.45) is 9.97. The van der Waals surface area contributed by atoms with Crippen LogP contribution < -0.4 is 0 Å². The van der Waals surface area contributed by atoms with Crippen molar-refractivity contribution in [2.75, 3.05) is 0 Å². The molecule has 0 N–H and O–H groups in total. The van der Waals surface area contributed by atoms with Gasteiger partial charge in [-0.1, -0.05) is 84.9 Å². The van der Waals surface area contributed by atoms with Crippen molar-refractivity contribution in [3.05, 3.63) is 127 Å². The Kier molecular flexibility index (Phi) is 6.07. The molecule has 4 bridgehead atoms. The zero-order valence-electron chi connectivity index (χ0n) is 27.7. The first kappa shape index (κ1) is 28.3. The van der Waals surface area contributed by atoms with E-state index in [4.69, 9.17) is 23.8 Å². The molecule has 4 aliphatic carbocycles. The first-order valence-corrected chi connectivity index (χ1v) is 18.0. The van der Waals surface area contributed by atoms with Crippen molar-refractivity contribution < 1.29 is 8.83 Å². The third-order valence-electron chi connectivity index (χ3n) is 12.0. The minimum atomic E-state index is 0.361. The van der Waals surface area contributed by atoms with Gasteiger partial charge in [0, 0.05) is 33.0 Å². The van der Waals surface area contributed by atoms with Gasteiger partial charge in [0.1, 0.15) is 16.7 Å². The number of furan rings is 1. The van der Waals surface area contributed by atoms with E-state index < -0.39 is 0 Å². The third-order valence-corrected chi connectivity index (χ3v) is 12.0. The van der Waals surface area contributed by atoms with E-state index in [-0.39, 0.29) is 0 Å². The van der Waals surface area contributed by atoms with Gasteiger partial charge in [0.05, 0.1) is 11.4 Å². The summed E-state index contributed by atoms with van der Waals surface area (Å²) < 4.78 is 12.3. The van der Waals surface area contributed by atoms with E-state index in [1.807, 2.05) is 24.3 Å². The lowest BCUT2D eigenvalue weighted by molar-refractivity contribution is -0.00518. The van der Waals surface area contributed by atoms with Crippen LogP contribution in [0, 0.1) is 17.8 Å². The van der Waals surface area contributed by atoms with Crippen molar-refractivity contribution in [1.82, 2.24) is 15.0 Å². The van der Waals surface area contributed by atoms with Crippen LogP contribution in [0.25, 0.3) is 78.1 Å². The summed E-state index contributed by atoms with van der Waals surface area (Å²) in [6.45, 7) is 0. The topological polar surface area (TPSA) is 65.0 Å². The fourth-order valence-corrected chi connectivity index (χ4v) is 10.2. The van der Waals surface area contributed by atoms with Gasteiger partial charge in [-0.15, -0.1) is 0 Å². The maximum absolute atomic E-state index is 6.22. The molecule has 5 aromatic carbocycles. The minimum absolute atomic E-state index is 0.361. The summed E-state index contributed by atoms with van der Waals surface area (Å²) in [5.41, 5.74) is 11.8. The van der Waals surface area contributed by atoms with Gasteiger partial charge in [0.2, 0.25) is 0 Å². The van der Waals surface area contributed by atoms with Gasteiger partial charge in [-0.3, -0.25) is 0 Å². The van der Waals surface area contributed by atoms with Crippen LogP contribution in [0.4, 0.5) is 0 Å². The molecular weight excluding hydrogens is 615 g/mol. The van der Waals surface area contributed by atoms with E-state index >= 15 is 0 Å². The van der Waals surface area contributed by atoms with Gasteiger partial charge in [-0.25, -0.2) is 15.0 Å². The number of oxazole rings is 1. The van der Waals surface area contributed by atoms with Gasteiger partial charge >= 0.3 is 0 Å². The lowest BCUT2D eigenvalue weighted by Gasteiger charge is -2.57. The van der Waals surface area contributed by atoms with E-state index in [1.54, 1.807) is 0 Å². The lowest BCUT2D eigenvalue weighted by Crippen LogP contribution is -2.48. The highest BCUT2D eigenvalue weighted by Gasteiger charge is 2.51. The molecule has 0 amide bonds. The Balaban J connectivity index is 1.01. The van der Waals surface area contributed by atoms with Gasteiger partial charge in [-0.05, 0) is 103 Å². The van der Waals surface area contributed by atoms with Gasteiger partial charge in [0.15, 0.2) is 17.8 Å². The Hall–Kier alpha value is -5.55. The molecule has 8 aromatic rings. The quantitative estimate of drug-likeness (QED) is 0.186. The van der Waals surface area contributed by atoms with E-state index in [1.165, 1.54) is 50.5 Å². The van der Waals surface area contributed by atoms with Gasteiger partial charge in [-0.2, -0.15) is 0 Å². The zero-order chi connectivity index (χ0) is 32.8. The zero-order valence-corrected chi connectivity index (χ0v) is 27.7. The van der Waals surface area contributed by atoms with Gasteiger partial charge < -0.3 is 8.83 Å². The SMILES string of the molecule is c1ccc(-c2cc(-c3ccc(-c4ccc5c(c4)oc4ccccc45)c4ncoc34)nc(-c3ccc(C45CC6CC(CC(C6)C4)C5)cc3)n2)cc1. The van der Waals surface area contributed by atoms with E-state index in [0.717, 1.165) is 84.4 Å². The van der Waals surface area contributed by atoms with Crippen LogP contribution in [0.1, 0.15) is 44.1 Å². The number of fused-ring (bicyclic) bond motifs is 4. The number of hydrogen-bond acceptors (Lipinski definition) is 5. The smallest absolute Gasteiger partial charge is 0.182 e. The highest BCUT2D eigenvalue weighted by molar-refractivity contribution is 6.07. The molecule has 242 valence electrons. The van der Waals surface area contributed by atoms with Crippen molar-refractivity contribution in [2.24, 2.45) is 17.8 Å². The van der Waals surface area contributed by atoms with E-state index in [0.29, 0.717) is 16.8 Å². The largest absolute Gasteiger partial charge is 0.456 e. The minimum Gasteiger partial charge on any atom is -0.456 e. The monoisotopic (exact) mass is 649 g/mol. The molecule has 0 saturated heterocycles. The van der Waals surface area contributed by atoms with Crippen LogP contribution in [0.5, 0.6) is 0 Å². The van der Waals surface area contributed by atoms with Crippen LogP contribution in [0.15, 0.2) is 130 Å². The Labute approximate surface area is 290 Å². The number of para-hydroxylation sites is 1. The maximum atomic E-state index is 6.22. The Morgan fingerprint density at radius 1 is 0.560 bits per heavy atom. The average molecular weight is 650 g/mol. The summed E-state index contributed by atoms with van der Waals surface area (Å²) in [7, 11) is 0. The van der Waals surface area contributed by atoms with Crippen molar-refractivity contribution in [2.45, 2.75) is 43.9 Å². The predicted octanol–water partition coefficient (Wildman–Crippen LogP) is 11.7. The molecule has 50 heavy (non-hydrogen) atoms. The second-order valence-corrected chi connectivity index (χ2v) is 15.1. The fraction of sp³-hybridized carbons (Fsp3) is 0.222. The highest BCUT2D eigenvalue weighted by Crippen LogP contribution is 2.60. The van der Waals surface area contributed by atoms with Crippen LogP contribution >= 0.6 is 0 Å². The molecule has 3 aromatic heterocycles. The molecule has 4 fully saturated rings. The van der Waals surface area contributed by atoms with Crippen molar-refractivity contribution in [3.8, 4) is 45.0 Å². The molecule has 3 heterocycles. The second kappa shape index (κ2) is 10.7. The Morgan fingerprint density at radius 2 is 1.24 bits per heavy atom. The first-order chi connectivity index (χ1) is 24.7. The molecular formula is C45H35N3O2. The molecule has 0 aliphatic heterocycles. The summed E-state index contributed by atoms with van der Waals surface area (Å²) in [5.74, 6) is 3.47. The molecule has 12 rings (SSSR count). The number of hydrogen-bond donors (Lipinski definition) is 0. The maximum Gasteiger partial charge on any atom is 0.182 e. The molecule has 0 radical (unpaired) electrons. The predicted molar refractivity (Wildman–Crippen MR) is 198 cm³/mol. The number of nitrogens with zero attached hydrogens (tertiary/aromatic N) is 3. The molecule has 0 unspecified atom stereocenters. The Bertz CT molecular complexity index is 2540. The normalized spacial score (nSPS) is 22.6. The summed E-state index contributed by atoms with van der Waals surface area (Å²) in [6, 6.07) is 40.4. The molecule has 5 heteroatoms. The van der Waals surface area contributed by atoms with Crippen LogP contribution in [-0.4, -0.2) is 15.0 Å². The average Bonchev–Trinajstić information content (AvgIpc) is 3.79. The van der Waals surface area contributed by atoms with Crippen molar-refractivity contribution >= 4 is 33.0 Å². The fourth-order valence-electron chi connectivity index (χ4n) is 10.2. The molecule has 0 atom stereocenters. The number of rotatable bonds is 5. The summed E-state index contributed by atoms with van der Waals surface area (Å²) in [4.78, 5) is 15.0. The number of aromatic nitrogens is 3. The summed E-state index contributed by atoms with van der Waals surface area (Å²) in [5, 5.41) is 2.22.